The SMILES string of the molecule is BN(CC)CC.[LiH]. The van der Waals surface area contributed by atoms with Crippen molar-refractivity contribution in [2.24, 2.45) is 0 Å². The molecule has 0 saturated heterocycles. The minimum absolute atomic E-state index is 0. The number of rotatable bonds is 2. The van der Waals surface area contributed by atoms with E-state index in [0.29, 0.717) is 0 Å². The van der Waals surface area contributed by atoms with Gasteiger partial charge < -0.3 is 4.81 Å². The van der Waals surface area contributed by atoms with Gasteiger partial charge in [-0.15, -0.1) is 0 Å². The van der Waals surface area contributed by atoms with E-state index in [2.05, 4.69) is 26.6 Å². The van der Waals surface area contributed by atoms with Gasteiger partial charge in [0.05, 0.1) is 0 Å². The number of hydrogen-bond donors (Lipinski definition) is 0. The first kappa shape index (κ1) is 10.6. The Kier molecular flexibility index (Phi) is 10.0. The molecule has 0 fully saturated rings. The summed E-state index contributed by atoms with van der Waals surface area (Å²) in [6, 6.07) is 0. The van der Waals surface area contributed by atoms with Crippen LogP contribution >= 0.6 is 0 Å². The third kappa shape index (κ3) is 6.62. The molecule has 0 spiro atoms. The number of hydrogen-bond acceptors (Lipinski definition) is 1. The maximum atomic E-state index is 2.25. The fourth-order valence-electron chi connectivity index (χ4n) is 0.224. The van der Waals surface area contributed by atoms with Crippen molar-refractivity contribution < 1.29 is 0 Å². The molecule has 0 radical (unpaired) electrons. The van der Waals surface area contributed by atoms with Crippen LogP contribution in [0.25, 0.3) is 0 Å². The Morgan fingerprint density at radius 1 is 1.29 bits per heavy atom. The van der Waals surface area contributed by atoms with Crippen LogP contribution in [0.5, 0.6) is 0 Å². The first-order chi connectivity index (χ1) is 2.81. The van der Waals surface area contributed by atoms with Crippen molar-refractivity contribution in [3.8, 4) is 0 Å². The topological polar surface area (TPSA) is 3.24 Å². The summed E-state index contributed by atoms with van der Waals surface area (Å²) in [4.78, 5) is 2.25. The van der Waals surface area contributed by atoms with Crippen molar-refractivity contribution in [1.29, 1.82) is 0 Å². The van der Waals surface area contributed by atoms with E-state index >= 15 is 0 Å². The molecule has 0 atom stereocenters. The summed E-state index contributed by atoms with van der Waals surface area (Å²) in [6.07, 6.45) is 0. The van der Waals surface area contributed by atoms with Gasteiger partial charge in [0.15, 0.2) is 7.98 Å². The summed E-state index contributed by atoms with van der Waals surface area (Å²) >= 11 is 0. The molecule has 7 heavy (non-hydrogen) atoms. The molecule has 1 nitrogen and oxygen atoms in total. The van der Waals surface area contributed by atoms with Crippen LogP contribution in [-0.2, 0) is 0 Å². The predicted octanol–water partition coefficient (Wildman–Crippen LogP) is -0.772. The molecule has 38 valence electrons. The third-order valence-electron chi connectivity index (χ3n) is 1.08. The molecule has 0 rings (SSSR count). The van der Waals surface area contributed by atoms with Crippen LogP contribution in [-0.4, -0.2) is 44.7 Å². The van der Waals surface area contributed by atoms with Crippen LogP contribution in [0.15, 0.2) is 0 Å². The van der Waals surface area contributed by atoms with Crippen molar-refractivity contribution in [2.75, 3.05) is 13.1 Å². The van der Waals surface area contributed by atoms with E-state index < -0.39 is 0 Å². The molecule has 0 aromatic carbocycles. The van der Waals surface area contributed by atoms with E-state index in [1.54, 1.807) is 0 Å². The Bertz CT molecular complexity index is 30.9. The molecule has 0 aromatic heterocycles. The van der Waals surface area contributed by atoms with Crippen molar-refractivity contribution in [3.63, 3.8) is 0 Å². The zero-order valence-electron chi connectivity index (χ0n) is 4.86. The second kappa shape index (κ2) is 6.62. The van der Waals surface area contributed by atoms with Crippen molar-refractivity contribution >= 4 is 26.8 Å². The van der Waals surface area contributed by atoms with E-state index in [1.807, 2.05) is 0 Å². The first-order valence-corrected chi connectivity index (χ1v) is 2.49. The van der Waals surface area contributed by atoms with E-state index in [0.717, 1.165) is 13.1 Å². The molecule has 0 N–H and O–H groups in total. The first-order valence-electron chi connectivity index (χ1n) is 2.49. The van der Waals surface area contributed by atoms with Gasteiger partial charge in [0, 0.05) is 0 Å². The zero-order valence-corrected chi connectivity index (χ0v) is 4.86. The van der Waals surface area contributed by atoms with Gasteiger partial charge in [0.1, 0.15) is 0 Å². The monoisotopic (exact) mass is 93.1 g/mol. The van der Waals surface area contributed by atoms with Crippen LogP contribution in [0.1, 0.15) is 13.8 Å². The molecule has 3 heteroatoms. The van der Waals surface area contributed by atoms with E-state index in [1.165, 1.54) is 0 Å². The molecule has 0 aliphatic rings. The Balaban J connectivity index is 0. The molecule has 0 unspecified atom stereocenters. The van der Waals surface area contributed by atoms with Gasteiger partial charge in [-0.25, -0.2) is 0 Å². The summed E-state index contributed by atoms with van der Waals surface area (Å²) in [6.45, 7) is 6.64. The minimum atomic E-state index is 0. The molecule has 0 saturated carbocycles. The zero-order chi connectivity index (χ0) is 4.99. The molecule has 0 heterocycles. The molecular formula is C4H13BLiN. The number of nitrogens with zero attached hydrogens (tertiary/aromatic N) is 1. The molecule has 0 aliphatic carbocycles. The van der Waals surface area contributed by atoms with Gasteiger partial charge in [-0.3, -0.25) is 0 Å². The van der Waals surface area contributed by atoms with Gasteiger partial charge in [-0.2, -0.15) is 0 Å². The maximum absolute atomic E-state index is 2.25. The Labute approximate surface area is 59.1 Å². The van der Waals surface area contributed by atoms with Crippen LogP contribution in [0.4, 0.5) is 0 Å². The molecule has 0 aliphatic heterocycles. The van der Waals surface area contributed by atoms with Crippen LogP contribution in [0.3, 0.4) is 0 Å². The van der Waals surface area contributed by atoms with Crippen LogP contribution < -0.4 is 0 Å². The van der Waals surface area contributed by atoms with Gasteiger partial charge in [0.2, 0.25) is 0 Å². The second-order valence-electron chi connectivity index (χ2n) is 1.49. The molecule has 0 aromatic rings. The van der Waals surface area contributed by atoms with Gasteiger partial charge in [-0.05, 0) is 13.1 Å². The Hall–Kier alpha value is 0.622. The second-order valence-corrected chi connectivity index (χ2v) is 1.49. The van der Waals surface area contributed by atoms with Crippen LogP contribution in [0.2, 0.25) is 0 Å². The van der Waals surface area contributed by atoms with Crippen molar-refractivity contribution in [1.82, 2.24) is 4.81 Å². The quantitative estimate of drug-likeness (QED) is 0.405. The standard InChI is InChI=1S/C4H12BN.Li.H/c1-3-6(5)4-2;;/h3-5H2,1-2H3;;. The van der Waals surface area contributed by atoms with E-state index in [4.69, 9.17) is 0 Å². The van der Waals surface area contributed by atoms with E-state index in [9.17, 15) is 0 Å². The normalized spacial score (nSPS) is 8.43. The van der Waals surface area contributed by atoms with Gasteiger partial charge >= 0.3 is 18.9 Å². The van der Waals surface area contributed by atoms with Crippen LogP contribution in [0, 0.1) is 0 Å². The predicted molar refractivity (Wildman–Crippen MR) is 38.6 cm³/mol. The fourth-order valence-corrected chi connectivity index (χ4v) is 0.224. The van der Waals surface area contributed by atoms with Crippen molar-refractivity contribution in [3.05, 3.63) is 0 Å². The summed E-state index contributed by atoms with van der Waals surface area (Å²) in [7, 11) is 2.11. The summed E-state index contributed by atoms with van der Waals surface area (Å²) in [5.41, 5.74) is 0. The average Bonchev–Trinajstić information content (AvgIpc) is 1.65. The summed E-state index contributed by atoms with van der Waals surface area (Å²) < 4.78 is 0. The molecule has 0 bridgehead atoms. The van der Waals surface area contributed by atoms with Gasteiger partial charge in [-0.1, -0.05) is 13.8 Å². The van der Waals surface area contributed by atoms with Gasteiger partial charge in [0.25, 0.3) is 0 Å². The summed E-state index contributed by atoms with van der Waals surface area (Å²) in [5.74, 6) is 0. The fraction of sp³-hybridized carbons (Fsp3) is 1.00. The molecular weight excluding hydrogens is 79.8 g/mol. The molecule has 0 amide bonds. The Morgan fingerprint density at radius 2 is 1.57 bits per heavy atom. The van der Waals surface area contributed by atoms with E-state index in [-0.39, 0.29) is 18.9 Å². The van der Waals surface area contributed by atoms with Crippen molar-refractivity contribution in [2.45, 2.75) is 13.8 Å². The average molecular weight is 92.9 g/mol. The Morgan fingerprint density at radius 3 is 1.57 bits per heavy atom. The summed E-state index contributed by atoms with van der Waals surface area (Å²) in [5, 5.41) is 0. The third-order valence-corrected chi connectivity index (χ3v) is 1.08.